The van der Waals surface area contributed by atoms with Gasteiger partial charge in [-0.05, 0) is 24.6 Å². The summed E-state index contributed by atoms with van der Waals surface area (Å²) < 4.78 is 0. The molecular weight excluding hydrogens is 262 g/mol. The van der Waals surface area contributed by atoms with Crippen LogP contribution in [-0.4, -0.2) is 11.7 Å². The topological polar surface area (TPSA) is 37.4 Å². The van der Waals surface area contributed by atoms with Crippen LogP contribution < -0.4 is 4.90 Å². The van der Waals surface area contributed by atoms with E-state index in [2.05, 4.69) is 0 Å². The van der Waals surface area contributed by atoms with Crippen LogP contribution in [0.4, 0.5) is 5.69 Å². The highest BCUT2D eigenvalue weighted by molar-refractivity contribution is 6.05. The van der Waals surface area contributed by atoms with E-state index in [0.717, 1.165) is 11.3 Å². The van der Waals surface area contributed by atoms with Crippen LogP contribution in [-0.2, 0) is 4.79 Å². The van der Waals surface area contributed by atoms with Gasteiger partial charge in [0.1, 0.15) is 0 Å². The molecule has 3 nitrogen and oxygen atoms in total. The SMILES string of the molecule is CC(=O)N(/C=C/C(=O)c1ccccc1)c1cccc(C)c1. The number of anilines is 1. The van der Waals surface area contributed by atoms with Crippen molar-refractivity contribution in [3.8, 4) is 0 Å². The molecule has 2 rings (SSSR count). The fraction of sp³-hybridized carbons (Fsp3) is 0.111. The number of nitrogens with zero attached hydrogens (tertiary/aromatic N) is 1. The van der Waals surface area contributed by atoms with Crippen molar-refractivity contribution in [1.29, 1.82) is 0 Å². The lowest BCUT2D eigenvalue weighted by molar-refractivity contribution is -0.115. The number of carbonyl (C=O) groups is 2. The molecule has 2 aromatic rings. The van der Waals surface area contributed by atoms with E-state index < -0.39 is 0 Å². The molecule has 0 saturated carbocycles. The van der Waals surface area contributed by atoms with Crippen molar-refractivity contribution in [1.82, 2.24) is 0 Å². The number of ketones is 1. The van der Waals surface area contributed by atoms with Crippen molar-refractivity contribution in [3.63, 3.8) is 0 Å². The molecule has 0 fully saturated rings. The molecule has 1 amide bonds. The van der Waals surface area contributed by atoms with Crippen LogP contribution in [0, 0.1) is 6.92 Å². The maximum atomic E-state index is 12.0. The lowest BCUT2D eigenvalue weighted by Gasteiger charge is -2.16. The second-order valence-corrected chi connectivity index (χ2v) is 4.77. The Hall–Kier alpha value is -2.68. The van der Waals surface area contributed by atoms with Crippen LogP contribution in [0.25, 0.3) is 0 Å². The highest BCUT2D eigenvalue weighted by Gasteiger charge is 2.09. The van der Waals surface area contributed by atoms with Crippen LogP contribution in [0.3, 0.4) is 0 Å². The van der Waals surface area contributed by atoms with Crippen LogP contribution in [0.5, 0.6) is 0 Å². The fourth-order valence-electron chi connectivity index (χ4n) is 1.99. The Morgan fingerprint density at radius 2 is 1.71 bits per heavy atom. The minimum Gasteiger partial charge on any atom is -0.289 e. The molecule has 0 radical (unpaired) electrons. The first-order chi connectivity index (χ1) is 10.1. The molecule has 0 heterocycles. The Labute approximate surface area is 124 Å². The van der Waals surface area contributed by atoms with Gasteiger partial charge in [0.15, 0.2) is 5.78 Å². The fourth-order valence-corrected chi connectivity index (χ4v) is 1.99. The van der Waals surface area contributed by atoms with E-state index in [4.69, 9.17) is 0 Å². The van der Waals surface area contributed by atoms with E-state index >= 15 is 0 Å². The van der Waals surface area contributed by atoms with E-state index in [0.29, 0.717) is 5.56 Å². The van der Waals surface area contributed by atoms with Gasteiger partial charge in [0.2, 0.25) is 5.91 Å². The highest BCUT2D eigenvalue weighted by Crippen LogP contribution is 2.16. The van der Waals surface area contributed by atoms with Gasteiger partial charge in [-0.25, -0.2) is 0 Å². The molecular formula is C18H17NO2. The molecule has 106 valence electrons. The van der Waals surface area contributed by atoms with Crippen molar-refractivity contribution in [3.05, 3.63) is 78.0 Å². The minimum absolute atomic E-state index is 0.130. The number of benzene rings is 2. The first-order valence-electron chi connectivity index (χ1n) is 6.72. The maximum Gasteiger partial charge on any atom is 0.227 e. The van der Waals surface area contributed by atoms with Crippen LogP contribution >= 0.6 is 0 Å². The van der Waals surface area contributed by atoms with Gasteiger partial charge in [-0.2, -0.15) is 0 Å². The zero-order valence-electron chi connectivity index (χ0n) is 12.1. The monoisotopic (exact) mass is 279 g/mol. The standard InChI is InChI=1S/C18H17NO2/c1-14-7-6-10-17(13-14)19(15(2)20)12-11-18(21)16-8-4-3-5-9-16/h3-13H,1-2H3/b12-11+. The summed E-state index contributed by atoms with van der Waals surface area (Å²) >= 11 is 0. The van der Waals surface area contributed by atoms with Gasteiger partial charge in [-0.15, -0.1) is 0 Å². The molecule has 3 heteroatoms. The van der Waals surface area contributed by atoms with Gasteiger partial charge in [0.05, 0.1) is 0 Å². The highest BCUT2D eigenvalue weighted by atomic mass is 16.2. The third kappa shape index (κ3) is 3.89. The number of carbonyl (C=O) groups excluding carboxylic acids is 2. The Bertz CT molecular complexity index is 675. The number of rotatable bonds is 4. The minimum atomic E-state index is -0.141. The van der Waals surface area contributed by atoms with Gasteiger partial charge >= 0.3 is 0 Å². The van der Waals surface area contributed by atoms with Crippen LogP contribution in [0.15, 0.2) is 66.9 Å². The molecule has 0 aromatic heterocycles. The predicted octanol–water partition coefficient (Wildman–Crippen LogP) is 3.74. The first-order valence-corrected chi connectivity index (χ1v) is 6.72. The molecule has 0 aliphatic carbocycles. The summed E-state index contributed by atoms with van der Waals surface area (Å²) in [6, 6.07) is 16.6. The largest absolute Gasteiger partial charge is 0.289 e. The van der Waals surface area contributed by atoms with E-state index in [1.54, 1.807) is 12.1 Å². The number of hydrogen-bond acceptors (Lipinski definition) is 2. The average Bonchev–Trinajstić information content (AvgIpc) is 2.48. The maximum absolute atomic E-state index is 12.0. The second kappa shape index (κ2) is 6.66. The Morgan fingerprint density at radius 3 is 2.33 bits per heavy atom. The third-order valence-electron chi connectivity index (χ3n) is 3.05. The van der Waals surface area contributed by atoms with Crippen LogP contribution in [0.2, 0.25) is 0 Å². The zero-order valence-corrected chi connectivity index (χ0v) is 12.1. The van der Waals surface area contributed by atoms with Crippen molar-refractivity contribution in [2.24, 2.45) is 0 Å². The molecule has 0 aliphatic rings. The predicted molar refractivity (Wildman–Crippen MR) is 84.3 cm³/mol. The molecule has 0 atom stereocenters. The van der Waals surface area contributed by atoms with Crippen molar-refractivity contribution in [2.75, 3.05) is 4.90 Å². The smallest absolute Gasteiger partial charge is 0.227 e. The number of hydrogen-bond donors (Lipinski definition) is 0. The lowest BCUT2D eigenvalue weighted by Crippen LogP contribution is -2.22. The zero-order chi connectivity index (χ0) is 15.2. The van der Waals surface area contributed by atoms with Gasteiger partial charge in [-0.3, -0.25) is 14.5 Å². The Morgan fingerprint density at radius 1 is 1.00 bits per heavy atom. The molecule has 0 bridgehead atoms. The quantitative estimate of drug-likeness (QED) is 0.631. The molecule has 0 spiro atoms. The van der Waals surface area contributed by atoms with Gasteiger partial charge in [-0.1, -0.05) is 42.5 Å². The summed E-state index contributed by atoms with van der Waals surface area (Å²) in [6.45, 7) is 3.43. The lowest BCUT2D eigenvalue weighted by atomic mass is 10.1. The summed E-state index contributed by atoms with van der Waals surface area (Å²) in [5, 5.41) is 0. The van der Waals surface area contributed by atoms with Crippen molar-refractivity contribution < 1.29 is 9.59 Å². The number of amides is 1. The summed E-state index contributed by atoms with van der Waals surface area (Å²) in [5.41, 5.74) is 2.41. The molecule has 0 saturated heterocycles. The molecule has 0 N–H and O–H groups in total. The van der Waals surface area contributed by atoms with Crippen LogP contribution in [0.1, 0.15) is 22.8 Å². The average molecular weight is 279 g/mol. The second-order valence-electron chi connectivity index (χ2n) is 4.77. The van der Waals surface area contributed by atoms with E-state index in [9.17, 15) is 9.59 Å². The molecule has 21 heavy (non-hydrogen) atoms. The molecule has 0 unspecified atom stereocenters. The summed E-state index contributed by atoms with van der Waals surface area (Å²) in [7, 11) is 0. The summed E-state index contributed by atoms with van der Waals surface area (Å²) in [6.07, 6.45) is 2.94. The molecule has 0 aliphatic heterocycles. The Balaban J connectivity index is 2.23. The van der Waals surface area contributed by atoms with Gasteiger partial charge in [0.25, 0.3) is 0 Å². The Kier molecular flexibility index (Phi) is 4.67. The van der Waals surface area contributed by atoms with Gasteiger partial charge in [0, 0.05) is 30.5 Å². The number of aryl methyl sites for hydroxylation is 1. The van der Waals surface area contributed by atoms with Gasteiger partial charge < -0.3 is 0 Å². The number of allylic oxidation sites excluding steroid dienone is 1. The van der Waals surface area contributed by atoms with E-state index in [1.165, 1.54) is 24.1 Å². The van der Waals surface area contributed by atoms with E-state index in [-0.39, 0.29) is 11.7 Å². The summed E-state index contributed by atoms with van der Waals surface area (Å²) in [4.78, 5) is 25.3. The normalized spacial score (nSPS) is 10.6. The third-order valence-corrected chi connectivity index (χ3v) is 3.05. The van der Waals surface area contributed by atoms with Crippen molar-refractivity contribution in [2.45, 2.75) is 13.8 Å². The first kappa shape index (κ1) is 14.7. The van der Waals surface area contributed by atoms with E-state index in [1.807, 2.05) is 49.4 Å². The van der Waals surface area contributed by atoms with Crippen molar-refractivity contribution >= 4 is 17.4 Å². The summed E-state index contributed by atoms with van der Waals surface area (Å²) in [5.74, 6) is -0.271. The molecule has 2 aromatic carbocycles.